The van der Waals surface area contributed by atoms with Crippen molar-refractivity contribution in [2.24, 2.45) is 5.92 Å². The number of aliphatic hydroxyl groups is 1. The van der Waals surface area contributed by atoms with Crippen LogP contribution in [0.1, 0.15) is 30.9 Å². The summed E-state index contributed by atoms with van der Waals surface area (Å²) in [5, 5.41) is 14.5. The molecule has 9 nitrogen and oxygen atoms in total. The van der Waals surface area contributed by atoms with Gasteiger partial charge in [0, 0.05) is 25.7 Å². The first-order valence-corrected chi connectivity index (χ1v) is 14.4. The van der Waals surface area contributed by atoms with Crippen molar-refractivity contribution in [2.45, 2.75) is 31.4 Å². The van der Waals surface area contributed by atoms with Gasteiger partial charge in [-0.05, 0) is 80.4 Å². The number of halogens is 2. The average molecular weight is 581 g/mol. The molecule has 6 rings (SSSR count). The molecule has 3 aliphatic heterocycles. The smallest absolute Gasteiger partial charge is 0.225 e. The number of carbonyl (C=O) groups excluding carboxylic acids is 1. The summed E-state index contributed by atoms with van der Waals surface area (Å²) in [7, 11) is 0. The predicted octanol–water partition coefficient (Wildman–Crippen LogP) is 4.06. The van der Waals surface area contributed by atoms with Gasteiger partial charge in [-0.2, -0.15) is 4.98 Å². The van der Waals surface area contributed by atoms with Gasteiger partial charge in [0.1, 0.15) is 36.7 Å². The van der Waals surface area contributed by atoms with Crippen LogP contribution >= 0.6 is 0 Å². The van der Waals surface area contributed by atoms with Crippen molar-refractivity contribution < 1.29 is 32.9 Å². The highest BCUT2D eigenvalue weighted by atomic mass is 19.1. The molecule has 3 atom stereocenters. The molecule has 2 N–H and O–H groups in total. The minimum atomic E-state index is -1.14. The van der Waals surface area contributed by atoms with Crippen molar-refractivity contribution in [1.82, 2.24) is 15.2 Å². The topological polar surface area (TPSA) is 96.4 Å². The van der Waals surface area contributed by atoms with Gasteiger partial charge < -0.3 is 34.4 Å². The number of amides is 1. The van der Waals surface area contributed by atoms with E-state index in [1.807, 2.05) is 17.0 Å². The van der Waals surface area contributed by atoms with Crippen LogP contribution in [0.25, 0.3) is 0 Å². The summed E-state index contributed by atoms with van der Waals surface area (Å²) >= 11 is 0. The number of anilines is 1. The quantitative estimate of drug-likeness (QED) is 0.391. The average Bonchev–Trinajstić information content (AvgIpc) is 3.71. The molecule has 0 spiro atoms. The number of hydrogen-bond donors (Lipinski definition) is 2. The van der Waals surface area contributed by atoms with Gasteiger partial charge >= 0.3 is 0 Å². The van der Waals surface area contributed by atoms with Gasteiger partial charge in [-0.25, -0.2) is 8.78 Å². The third kappa shape index (κ3) is 6.42. The summed E-state index contributed by atoms with van der Waals surface area (Å²) in [6.07, 6.45) is 1.59. The lowest BCUT2D eigenvalue weighted by Crippen LogP contribution is -2.48. The summed E-state index contributed by atoms with van der Waals surface area (Å²) in [5.74, 6) is 0.376. The van der Waals surface area contributed by atoms with Gasteiger partial charge in [-0.3, -0.25) is 4.79 Å². The fourth-order valence-corrected chi connectivity index (χ4v) is 5.74. The van der Waals surface area contributed by atoms with Crippen molar-refractivity contribution in [3.8, 4) is 23.1 Å². The van der Waals surface area contributed by atoms with Crippen LogP contribution in [-0.4, -0.2) is 72.9 Å². The first kappa shape index (κ1) is 28.2. The molecule has 1 amide bonds. The van der Waals surface area contributed by atoms with Crippen LogP contribution in [0.4, 0.5) is 14.6 Å². The molecule has 0 saturated carbocycles. The van der Waals surface area contributed by atoms with Crippen LogP contribution in [0.3, 0.4) is 0 Å². The molecule has 222 valence electrons. The number of benzene rings is 2. The van der Waals surface area contributed by atoms with Crippen molar-refractivity contribution in [2.75, 3.05) is 50.8 Å². The SMILES string of the molecule is O=C(NC(CN1CCCC1)C(O)c1cc(F)c2c(c1)OCCO2)C1CCN(c2cccc(Oc3ccc(F)cc3)n2)C1. The number of pyridine rings is 1. The molecule has 4 heterocycles. The number of nitrogens with zero attached hydrogens (tertiary/aromatic N) is 3. The number of likely N-dealkylation sites (tertiary alicyclic amines) is 1. The van der Waals surface area contributed by atoms with E-state index in [9.17, 15) is 18.7 Å². The number of aliphatic hydroxyl groups excluding tert-OH is 1. The molecule has 2 saturated heterocycles. The monoisotopic (exact) mass is 580 g/mol. The van der Waals surface area contributed by atoms with E-state index >= 15 is 0 Å². The number of aromatic nitrogens is 1. The van der Waals surface area contributed by atoms with Crippen LogP contribution in [0.15, 0.2) is 54.6 Å². The Bertz CT molecular complexity index is 1400. The number of carbonyl (C=O) groups is 1. The van der Waals surface area contributed by atoms with Crippen LogP contribution in [-0.2, 0) is 4.79 Å². The fourth-order valence-electron chi connectivity index (χ4n) is 5.74. The van der Waals surface area contributed by atoms with E-state index in [4.69, 9.17) is 14.2 Å². The minimum absolute atomic E-state index is 0.0455. The number of hydrogen-bond acceptors (Lipinski definition) is 8. The van der Waals surface area contributed by atoms with Gasteiger partial charge in [-0.1, -0.05) is 6.07 Å². The molecule has 42 heavy (non-hydrogen) atoms. The molecule has 3 aliphatic rings. The summed E-state index contributed by atoms with van der Waals surface area (Å²) < 4.78 is 44.7. The Hall–Kier alpha value is -3.96. The van der Waals surface area contributed by atoms with Crippen molar-refractivity contribution in [3.63, 3.8) is 0 Å². The van der Waals surface area contributed by atoms with Gasteiger partial charge in [0.2, 0.25) is 11.8 Å². The highest BCUT2D eigenvalue weighted by molar-refractivity contribution is 5.80. The van der Waals surface area contributed by atoms with E-state index in [1.165, 1.54) is 30.3 Å². The molecule has 3 unspecified atom stereocenters. The molecule has 2 aromatic carbocycles. The number of fused-ring (bicyclic) bond motifs is 1. The Kier molecular flexibility index (Phi) is 8.38. The molecular formula is C31H34F2N4O5. The van der Waals surface area contributed by atoms with Crippen LogP contribution in [0.5, 0.6) is 23.1 Å². The largest absolute Gasteiger partial charge is 0.486 e. The zero-order valence-corrected chi connectivity index (χ0v) is 23.2. The Morgan fingerprint density at radius 3 is 2.67 bits per heavy atom. The first-order valence-electron chi connectivity index (χ1n) is 14.4. The molecule has 1 aromatic heterocycles. The highest BCUT2D eigenvalue weighted by Gasteiger charge is 2.34. The Labute approximate surface area is 243 Å². The Morgan fingerprint density at radius 1 is 1.07 bits per heavy atom. The second-order valence-corrected chi connectivity index (χ2v) is 10.9. The second kappa shape index (κ2) is 12.5. The lowest BCUT2D eigenvalue weighted by Gasteiger charge is -2.30. The van der Waals surface area contributed by atoms with Gasteiger partial charge in [0.05, 0.1) is 12.0 Å². The summed E-state index contributed by atoms with van der Waals surface area (Å²) in [6.45, 7) is 3.85. The van der Waals surface area contributed by atoms with Crippen molar-refractivity contribution in [3.05, 3.63) is 71.8 Å². The lowest BCUT2D eigenvalue weighted by atomic mass is 9.99. The molecular weight excluding hydrogens is 546 g/mol. The van der Waals surface area contributed by atoms with Crippen LogP contribution in [0.2, 0.25) is 0 Å². The normalized spacial score (nSPS) is 19.9. The molecule has 3 aromatic rings. The Morgan fingerprint density at radius 2 is 1.86 bits per heavy atom. The van der Waals surface area contributed by atoms with Crippen LogP contribution < -0.4 is 24.4 Å². The highest BCUT2D eigenvalue weighted by Crippen LogP contribution is 2.37. The zero-order valence-electron chi connectivity index (χ0n) is 23.2. The second-order valence-electron chi connectivity index (χ2n) is 10.9. The minimum Gasteiger partial charge on any atom is -0.486 e. The standard InChI is InChI=1S/C31H34F2N4O5/c32-22-6-8-23(9-7-22)42-28-5-3-4-27(35-28)37-13-10-20(18-37)31(39)34-25(19-36-11-1-2-12-36)29(38)21-16-24(33)30-26(17-21)40-14-15-41-30/h3-9,16-17,20,25,29,38H,1-2,10-15,18-19H2,(H,34,39). The maximum absolute atomic E-state index is 14.8. The first-order chi connectivity index (χ1) is 20.4. The third-order valence-corrected chi connectivity index (χ3v) is 7.95. The lowest BCUT2D eigenvalue weighted by molar-refractivity contribution is -0.126. The van der Waals surface area contributed by atoms with E-state index in [1.54, 1.807) is 12.1 Å². The van der Waals surface area contributed by atoms with Gasteiger partial charge in [0.25, 0.3) is 0 Å². The van der Waals surface area contributed by atoms with Gasteiger partial charge in [0.15, 0.2) is 17.3 Å². The third-order valence-electron chi connectivity index (χ3n) is 7.95. The molecule has 0 radical (unpaired) electrons. The summed E-state index contributed by atoms with van der Waals surface area (Å²) in [5.41, 5.74) is 0.330. The van der Waals surface area contributed by atoms with Gasteiger partial charge in [-0.15, -0.1) is 0 Å². The molecule has 0 aliphatic carbocycles. The van der Waals surface area contributed by atoms with Crippen LogP contribution in [0, 0.1) is 17.6 Å². The van der Waals surface area contributed by atoms with E-state index < -0.39 is 18.0 Å². The molecule has 0 bridgehead atoms. The fraction of sp³-hybridized carbons (Fsp3) is 0.419. The predicted molar refractivity (Wildman–Crippen MR) is 151 cm³/mol. The molecule has 2 fully saturated rings. The summed E-state index contributed by atoms with van der Waals surface area (Å²) in [6, 6.07) is 13.3. The van der Waals surface area contributed by atoms with E-state index in [0.29, 0.717) is 55.7 Å². The number of nitrogens with one attached hydrogen (secondary N) is 1. The number of rotatable bonds is 9. The molecule has 11 heteroatoms. The van der Waals surface area contributed by atoms with E-state index in [0.717, 1.165) is 25.9 Å². The van der Waals surface area contributed by atoms with Crippen molar-refractivity contribution >= 4 is 11.7 Å². The Balaban J connectivity index is 1.13. The van der Waals surface area contributed by atoms with E-state index in [-0.39, 0.29) is 35.7 Å². The van der Waals surface area contributed by atoms with E-state index in [2.05, 4.69) is 15.2 Å². The zero-order chi connectivity index (χ0) is 29.1. The maximum Gasteiger partial charge on any atom is 0.225 e. The number of ether oxygens (including phenoxy) is 3. The maximum atomic E-state index is 14.8. The van der Waals surface area contributed by atoms with Crippen molar-refractivity contribution in [1.29, 1.82) is 0 Å². The summed E-state index contributed by atoms with van der Waals surface area (Å²) in [4.78, 5) is 22.3.